The fourth-order valence-corrected chi connectivity index (χ4v) is 7.58. The van der Waals surface area contributed by atoms with Crippen LogP contribution in [0.4, 0.5) is 5.69 Å². The molecule has 6 N–H and O–H groups in total. The highest BCUT2D eigenvalue weighted by Gasteiger charge is 2.34. The lowest BCUT2D eigenvalue weighted by atomic mass is 9.95. The number of aromatic nitrogens is 1. The van der Waals surface area contributed by atoms with Gasteiger partial charge in [0.2, 0.25) is 0 Å². The maximum Gasteiger partial charge on any atom is 0.340 e. The van der Waals surface area contributed by atoms with Crippen LogP contribution < -0.4 is 36.4 Å². The number of benzene rings is 1. The number of carbonyl (C=O) groups excluding carboxylic acids is 6. The van der Waals surface area contributed by atoms with Gasteiger partial charge in [0.05, 0.1) is 68.3 Å². The second kappa shape index (κ2) is 22.7. The minimum absolute atomic E-state index is 0.0381. The summed E-state index contributed by atoms with van der Waals surface area (Å²) in [6, 6.07) is -0.598. The van der Waals surface area contributed by atoms with Crippen LogP contribution in [0.1, 0.15) is 94.8 Å². The largest absolute Gasteiger partial charge is 0.465 e. The van der Waals surface area contributed by atoms with E-state index in [-0.39, 0.29) is 85.2 Å². The van der Waals surface area contributed by atoms with E-state index in [4.69, 9.17) is 21.1 Å². The van der Waals surface area contributed by atoms with Crippen LogP contribution in [-0.4, -0.2) is 117 Å². The molecular weight excluding hydrogens is 773 g/mol. The molecule has 1 aromatic heterocycles. The van der Waals surface area contributed by atoms with Crippen LogP contribution in [0.5, 0.6) is 5.75 Å². The fraction of sp³-hybridized carbons (Fsp3) is 0.650. The van der Waals surface area contributed by atoms with Gasteiger partial charge in [-0.25, -0.2) is 10.2 Å². The highest BCUT2D eigenvalue weighted by Crippen LogP contribution is 2.46. The number of fused-ring (bicyclic) bond motifs is 3. The Morgan fingerprint density at radius 1 is 0.912 bits per heavy atom. The zero-order chi connectivity index (χ0) is 42.6. The lowest BCUT2D eigenvalue weighted by Gasteiger charge is -2.22. The number of halogens is 1. The Labute approximate surface area is 343 Å². The van der Waals surface area contributed by atoms with Gasteiger partial charge >= 0.3 is 11.9 Å². The normalized spacial score (nSPS) is 16.1. The predicted octanol–water partition coefficient (Wildman–Crippen LogP) is 3.30. The summed E-state index contributed by atoms with van der Waals surface area (Å²) in [6.07, 6.45) is 1.14. The van der Waals surface area contributed by atoms with Gasteiger partial charge in [0.25, 0.3) is 0 Å². The number of aryl methyl sites for hydroxylation is 1. The number of hydrogen-bond donors (Lipinski definition) is 6. The summed E-state index contributed by atoms with van der Waals surface area (Å²) in [7, 11) is 5.75. The van der Waals surface area contributed by atoms with Crippen molar-refractivity contribution in [3.05, 3.63) is 22.9 Å². The number of rotatable bonds is 26. The van der Waals surface area contributed by atoms with Crippen molar-refractivity contribution in [2.24, 2.45) is 11.8 Å². The molecule has 0 fully saturated rings. The maximum absolute atomic E-state index is 13.4. The number of hydrazine groups is 1. The van der Waals surface area contributed by atoms with Crippen LogP contribution in [0.15, 0.2) is 6.07 Å². The molecule has 1 aliphatic rings. The number of likely N-dealkylation sites (N-methyl/N-ethyl adjacent to an activating group) is 1. The number of ketones is 4. The number of aromatic amines is 1. The number of Topliss-reactive ketones (excluding diaryl/α,β-unsaturated/α-hetero) is 4. The minimum atomic E-state index is -0.758. The molecule has 0 saturated carbocycles. The lowest BCUT2D eigenvalue weighted by molar-refractivity contribution is -0.134. The highest BCUT2D eigenvalue weighted by molar-refractivity contribution is 7.16. The van der Waals surface area contributed by atoms with Gasteiger partial charge in [-0.2, -0.15) is 0 Å². The van der Waals surface area contributed by atoms with Crippen molar-refractivity contribution >= 4 is 72.5 Å². The Morgan fingerprint density at radius 3 is 2.16 bits per heavy atom. The smallest absolute Gasteiger partial charge is 0.340 e. The Morgan fingerprint density at radius 2 is 1.54 bits per heavy atom. The number of nitrogens with zero attached hydrogens (tertiary/aromatic N) is 1. The summed E-state index contributed by atoms with van der Waals surface area (Å²) < 4.78 is 10.9. The van der Waals surface area contributed by atoms with Gasteiger partial charge in [-0.05, 0) is 51.0 Å². The monoisotopic (exact) mass is 835 g/mol. The molecule has 17 heteroatoms. The van der Waals surface area contributed by atoms with Crippen molar-refractivity contribution in [3.63, 3.8) is 0 Å². The summed E-state index contributed by atoms with van der Waals surface area (Å²) in [4.78, 5) is 83.3. The second-order valence-electron chi connectivity index (χ2n) is 15.7. The van der Waals surface area contributed by atoms with E-state index in [1.54, 1.807) is 26.8 Å². The first-order valence-corrected chi connectivity index (χ1v) is 21.0. The van der Waals surface area contributed by atoms with E-state index in [0.29, 0.717) is 53.7 Å². The molecular formula is C40H63ClN7O8P. The topological polar surface area (TPSA) is 200 Å². The predicted molar refractivity (Wildman–Crippen MR) is 226 cm³/mol. The molecule has 2 unspecified atom stereocenters. The Hall–Kier alpha value is -3.30. The number of H-pyrrole nitrogens is 1. The number of esters is 2. The quantitative estimate of drug-likeness (QED) is 0.0153. The molecule has 3 rings (SSSR count). The lowest BCUT2D eigenvalue weighted by Crippen LogP contribution is -2.50. The molecule has 1 aromatic carbocycles. The molecule has 0 spiro atoms. The zero-order valence-corrected chi connectivity index (χ0v) is 36.8. The van der Waals surface area contributed by atoms with Crippen LogP contribution in [0.3, 0.4) is 0 Å². The average Bonchev–Trinajstić information content (AvgIpc) is 3.67. The second-order valence-corrected chi connectivity index (χ2v) is 16.4. The number of anilines is 1. The van der Waals surface area contributed by atoms with E-state index in [2.05, 4.69) is 41.0 Å². The van der Waals surface area contributed by atoms with Crippen molar-refractivity contribution in [1.82, 2.24) is 31.8 Å². The van der Waals surface area contributed by atoms with Gasteiger partial charge in [-0.15, -0.1) is 20.8 Å². The third-order valence-electron chi connectivity index (χ3n) is 10.1. The number of methoxy groups -OCH3 is 1. The molecule has 57 heavy (non-hydrogen) atoms. The summed E-state index contributed by atoms with van der Waals surface area (Å²) in [5.74, 6) is -1.04. The standard InChI is InChI=1S/C40H63ClN7O8P/c1-21(2)12-27(43-17-32(51)24(6)44-20-57)33(52)18-42-23(5)30(49)15-31(50)28(13-22(3)4)47-45-11-10-35(53)56-34-14-29-37(26(16-41)19-48(29)8)38-36(40(54)55-9)25(7)46-39(34)38/h14,21-24,26-28,42-47H,10-13,15-20,57H2,1-9H3/t23-,24-,26?,27-,28-/m0/s1. The van der Waals surface area contributed by atoms with Crippen molar-refractivity contribution in [1.29, 1.82) is 0 Å². The van der Waals surface area contributed by atoms with Crippen LogP contribution in [0, 0.1) is 18.8 Å². The molecule has 1 aliphatic heterocycles. The molecule has 2 aromatic rings. The Balaban J connectivity index is 1.57. The maximum atomic E-state index is 13.4. The highest BCUT2D eigenvalue weighted by atomic mass is 35.5. The van der Waals surface area contributed by atoms with Gasteiger partial charge in [-0.3, -0.25) is 29.4 Å². The van der Waals surface area contributed by atoms with Crippen molar-refractivity contribution < 1.29 is 38.2 Å². The van der Waals surface area contributed by atoms with Gasteiger partial charge in [0, 0.05) is 61.1 Å². The average molecular weight is 836 g/mol. The van der Waals surface area contributed by atoms with E-state index in [0.717, 1.165) is 11.3 Å². The molecule has 6 atom stereocenters. The van der Waals surface area contributed by atoms with E-state index in [1.807, 2.05) is 39.6 Å². The first-order chi connectivity index (χ1) is 26.9. The third kappa shape index (κ3) is 13.4. The van der Waals surface area contributed by atoms with Crippen LogP contribution >= 0.6 is 20.8 Å². The van der Waals surface area contributed by atoms with Crippen LogP contribution in [-0.2, 0) is 28.7 Å². The molecule has 2 heterocycles. The number of alkyl halides is 1. The first-order valence-electron chi connectivity index (χ1n) is 19.7. The zero-order valence-electron chi connectivity index (χ0n) is 34.9. The number of hydrogen-bond acceptors (Lipinski definition) is 14. The molecule has 0 radical (unpaired) electrons. The number of carbonyl (C=O) groups is 6. The number of nitrogens with one attached hydrogen (secondary N) is 6. The summed E-state index contributed by atoms with van der Waals surface area (Å²) >= 11 is 6.34. The summed E-state index contributed by atoms with van der Waals surface area (Å²) in [5.41, 5.74) is 9.12. The van der Waals surface area contributed by atoms with Gasteiger partial charge in [-0.1, -0.05) is 27.7 Å². The Bertz CT molecular complexity index is 1750. The van der Waals surface area contributed by atoms with Crippen molar-refractivity contribution in [2.75, 3.05) is 57.4 Å². The SMILES string of the molecule is COC(=O)c1c(C)[nH]c2c(OC(=O)CCNN[C@@H](CC(C)C)C(=O)CC(=O)[C@H](C)NCC(=O)[C@H](CC(C)C)NCC(=O)[C@H](C)NCP)cc3c(c12)C(CCl)CN3C. The third-order valence-corrected chi connectivity index (χ3v) is 10.7. The van der Waals surface area contributed by atoms with E-state index in [1.165, 1.54) is 7.11 Å². The minimum Gasteiger partial charge on any atom is -0.465 e. The summed E-state index contributed by atoms with van der Waals surface area (Å²) in [6.45, 7) is 13.8. The molecule has 0 saturated heterocycles. The van der Waals surface area contributed by atoms with Crippen molar-refractivity contribution in [2.45, 2.75) is 104 Å². The van der Waals surface area contributed by atoms with Gasteiger partial charge in [0.15, 0.2) is 28.9 Å². The van der Waals surface area contributed by atoms with E-state index in [9.17, 15) is 28.8 Å². The van der Waals surface area contributed by atoms with Gasteiger partial charge in [0.1, 0.15) is 0 Å². The summed E-state index contributed by atoms with van der Waals surface area (Å²) in [5, 5.41) is 9.72. The van der Waals surface area contributed by atoms with Crippen LogP contribution in [0.2, 0.25) is 0 Å². The van der Waals surface area contributed by atoms with E-state index >= 15 is 0 Å². The van der Waals surface area contributed by atoms with E-state index < -0.39 is 30.1 Å². The van der Waals surface area contributed by atoms with Crippen molar-refractivity contribution in [3.8, 4) is 5.75 Å². The molecule has 318 valence electrons. The molecule has 0 aliphatic carbocycles. The fourth-order valence-electron chi connectivity index (χ4n) is 6.98. The molecule has 0 amide bonds. The van der Waals surface area contributed by atoms with Gasteiger partial charge < -0.3 is 35.3 Å². The molecule has 15 nitrogen and oxygen atoms in total. The Kier molecular flexibility index (Phi) is 19.2. The first kappa shape index (κ1) is 48.1. The van der Waals surface area contributed by atoms with Crippen LogP contribution in [0.25, 0.3) is 10.9 Å². The molecule has 0 bridgehead atoms. The number of ether oxygens (including phenoxy) is 2.